The maximum atomic E-state index is 5.92. The van der Waals surface area contributed by atoms with Crippen LogP contribution < -0.4 is 0 Å². The highest BCUT2D eigenvalue weighted by Crippen LogP contribution is 2.27. The fourth-order valence-electron chi connectivity index (χ4n) is 1.68. The largest absolute Gasteiger partial charge is 0.245 e. The van der Waals surface area contributed by atoms with Gasteiger partial charge in [-0.05, 0) is 12.1 Å². The van der Waals surface area contributed by atoms with E-state index in [-0.39, 0.29) is 0 Å². The highest BCUT2D eigenvalue weighted by atomic mass is 35.5. The second kappa shape index (κ2) is 3.85. The van der Waals surface area contributed by atoms with E-state index in [9.17, 15) is 0 Å². The van der Waals surface area contributed by atoms with Crippen molar-refractivity contribution >= 4 is 33.8 Å². The van der Waals surface area contributed by atoms with Crippen molar-refractivity contribution in [2.24, 2.45) is 0 Å². The molecule has 0 N–H and O–H groups in total. The Hall–Kier alpha value is -1.45. The van der Waals surface area contributed by atoms with Gasteiger partial charge in [0.1, 0.15) is 5.15 Å². The van der Waals surface area contributed by atoms with E-state index < -0.39 is 0 Å². The zero-order valence-electron chi connectivity index (χ0n) is 8.22. The second-order valence-corrected chi connectivity index (χ2v) is 4.49. The molecule has 3 aromatic rings. The van der Waals surface area contributed by atoms with Gasteiger partial charge in [0.15, 0.2) is 0 Å². The summed E-state index contributed by atoms with van der Waals surface area (Å²) >= 11 is 7.50. The van der Waals surface area contributed by atoms with Gasteiger partial charge in [-0.2, -0.15) is 0 Å². The lowest BCUT2D eigenvalue weighted by molar-refractivity contribution is 1.38. The average molecular weight is 247 g/mol. The molecule has 0 aliphatic carbocycles. The molecule has 0 bridgehead atoms. The van der Waals surface area contributed by atoms with Gasteiger partial charge in [0.05, 0.1) is 16.7 Å². The molecule has 0 fully saturated rings. The first-order valence-electron chi connectivity index (χ1n) is 4.78. The fraction of sp³-hybridized carbons (Fsp3) is 0. The standard InChI is InChI=1S/C12H7ClN2S/c13-11-5-4-8-2-1-3-9(12(8)15-11)10-6-16-7-14-10/h1-7H. The van der Waals surface area contributed by atoms with E-state index in [1.54, 1.807) is 17.4 Å². The third-order valence-electron chi connectivity index (χ3n) is 2.39. The number of hydrogen-bond donors (Lipinski definition) is 0. The Balaban J connectivity index is 2.36. The molecule has 0 radical (unpaired) electrons. The number of fused-ring (bicyclic) bond motifs is 1. The van der Waals surface area contributed by atoms with Crippen molar-refractivity contribution in [3.63, 3.8) is 0 Å². The second-order valence-electron chi connectivity index (χ2n) is 3.38. The van der Waals surface area contributed by atoms with Crippen LogP contribution in [0.5, 0.6) is 0 Å². The molecular formula is C12H7ClN2S. The summed E-state index contributed by atoms with van der Waals surface area (Å²) in [6.07, 6.45) is 0. The summed E-state index contributed by atoms with van der Waals surface area (Å²) in [4.78, 5) is 8.66. The summed E-state index contributed by atoms with van der Waals surface area (Å²) in [5.41, 5.74) is 4.70. The highest BCUT2D eigenvalue weighted by molar-refractivity contribution is 7.07. The minimum Gasteiger partial charge on any atom is -0.245 e. The van der Waals surface area contributed by atoms with Crippen LogP contribution in [-0.4, -0.2) is 9.97 Å². The third-order valence-corrected chi connectivity index (χ3v) is 3.19. The van der Waals surface area contributed by atoms with Crippen LogP contribution in [0.1, 0.15) is 0 Å². The Morgan fingerprint density at radius 1 is 1.12 bits per heavy atom. The molecule has 78 valence electrons. The van der Waals surface area contributed by atoms with Crippen molar-refractivity contribution in [3.8, 4) is 11.3 Å². The molecule has 16 heavy (non-hydrogen) atoms. The molecule has 0 spiro atoms. The lowest BCUT2D eigenvalue weighted by Gasteiger charge is -2.03. The van der Waals surface area contributed by atoms with Gasteiger partial charge < -0.3 is 0 Å². The zero-order valence-corrected chi connectivity index (χ0v) is 9.79. The van der Waals surface area contributed by atoms with E-state index >= 15 is 0 Å². The number of benzene rings is 1. The molecule has 0 atom stereocenters. The number of nitrogens with zero attached hydrogens (tertiary/aromatic N) is 2. The first kappa shape index (κ1) is 9.75. The summed E-state index contributed by atoms with van der Waals surface area (Å²) < 4.78 is 0. The van der Waals surface area contributed by atoms with Crippen LogP contribution in [0.25, 0.3) is 22.2 Å². The van der Waals surface area contributed by atoms with E-state index in [4.69, 9.17) is 11.6 Å². The smallest absolute Gasteiger partial charge is 0.129 e. The molecule has 2 heterocycles. The van der Waals surface area contributed by atoms with E-state index in [1.807, 2.05) is 35.2 Å². The van der Waals surface area contributed by atoms with E-state index in [2.05, 4.69) is 9.97 Å². The van der Waals surface area contributed by atoms with Crippen molar-refractivity contribution < 1.29 is 0 Å². The molecule has 4 heteroatoms. The third kappa shape index (κ3) is 1.58. The van der Waals surface area contributed by atoms with Gasteiger partial charge in [0.25, 0.3) is 0 Å². The Labute approximate surface area is 102 Å². The van der Waals surface area contributed by atoms with Gasteiger partial charge in [-0.3, -0.25) is 0 Å². The number of halogens is 1. The monoisotopic (exact) mass is 246 g/mol. The van der Waals surface area contributed by atoms with Crippen LogP contribution in [0, 0.1) is 0 Å². The normalized spacial score (nSPS) is 10.8. The van der Waals surface area contributed by atoms with Crippen molar-refractivity contribution in [2.75, 3.05) is 0 Å². The number of aromatic nitrogens is 2. The van der Waals surface area contributed by atoms with Crippen molar-refractivity contribution in [2.45, 2.75) is 0 Å². The lowest BCUT2D eigenvalue weighted by Crippen LogP contribution is -1.85. The number of pyridine rings is 1. The minimum atomic E-state index is 0.509. The van der Waals surface area contributed by atoms with Crippen LogP contribution in [0.3, 0.4) is 0 Å². The topological polar surface area (TPSA) is 25.8 Å². The predicted molar refractivity (Wildman–Crippen MR) is 67.9 cm³/mol. The Morgan fingerprint density at radius 3 is 2.88 bits per heavy atom. The molecule has 0 saturated heterocycles. The van der Waals surface area contributed by atoms with E-state index in [0.717, 1.165) is 22.2 Å². The molecule has 2 aromatic heterocycles. The van der Waals surface area contributed by atoms with E-state index in [1.165, 1.54) is 0 Å². The SMILES string of the molecule is Clc1ccc2cccc(-c3cscn3)c2n1. The summed E-state index contributed by atoms with van der Waals surface area (Å²) in [6, 6.07) is 9.82. The molecule has 3 rings (SSSR count). The van der Waals surface area contributed by atoms with Crippen molar-refractivity contribution in [3.05, 3.63) is 46.4 Å². The van der Waals surface area contributed by atoms with Crippen molar-refractivity contribution in [1.82, 2.24) is 9.97 Å². The first-order valence-corrected chi connectivity index (χ1v) is 6.10. The van der Waals surface area contributed by atoms with Crippen LogP contribution in [0.15, 0.2) is 41.2 Å². The maximum absolute atomic E-state index is 5.92. The van der Waals surface area contributed by atoms with Gasteiger partial charge in [0.2, 0.25) is 0 Å². The Bertz CT molecular complexity index is 635. The summed E-state index contributed by atoms with van der Waals surface area (Å²) in [5.74, 6) is 0. The number of thiazole rings is 1. The number of hydrogen-bond acceptors (Lipinski definition) is 3. The van der Waals surface area contributed by atoms with Gasteiger partial charge in [0, 0.05) is 16.3 Å². The molecular weight excluding hydrogens is 240 g/mol. The number of rotatable bonds is 1. The molecule has 0 amide bonds. The summed E-state index contributed by atoms with van der Waals surface area (Å²) in [7, 11) is 0. The van der Waals surface area contributed by atoms with Gasteiger partial charge >= 0.3 is 0 Å². The van der Waals surface area contributed by atoms with Crippen LogP contribution in [0.4, 0.5) is 0 Å². The summed E-state index contributed by atoms with van der Waals surface area (Å²) in [6.45, 7) is 0. The van der Waals surface area contributed by atoms with Crippen molar-refractivity contribution in [1.29, 1.82) is 0 Å². The maximum Gasteiger partial charge on any atom is 0.129 e. The molecule has 1 aromatic carbocycles. The van der Waals surface area contributed by atoms with Crippen LogP contribution >= 0.6 is 22.9 Å². The summed E-state index contributed by atoms with van der Waals surface area (Å²) in [5, 5.41) is 3.60. The molecule has 2 nitrogen and oxygen atoms in total. The molecule has 0 aliphatic rings. The van der Waals surface area contributed by atoms with Crippen LogP contribution in [-0.2, 0) is 0 Å². The molecule has 0 unspecified atom stereocenters. The quantitative estimate of drug-likeness (QED) is 0.607. The van der Waals surface area contributed by atoms with Gasteiger partial charge in [-0.1, -0.05) is 29.8 Å². The zero-order chi connectivity index (χ0) is 11.0. The lowest BCUT2D eigenvalue weighted by atomic mass is 10.1. The van der Waals surface area contributed by atoms with Crippen LogP contribution in [0.2, 0.25) is 5.15 Å². The number of para-hydroxylation sites is 1. The Kier molecular flexibility index (Phi) is 2.35. The Morgan fingerprint density at radius 2 is 2.06 bits per heavy atom. The molecule has 0 aliphatic heterocycles. The first-order chi connectivity index (χ1) is 7.84. The van der Waals surface area contributed by atoms with Gasteiger partial charge in [-0.15, -0.1) is 11.3 Å². The highest BCUT2D eigenvalue weighted by Gasteiger charge is 2.06. The fourth-order valence-corrected chi connectivity index (χ4v) is 2.38. The predicted octanol–water partition coefficient (Wildman–Crippen LogP) is 4.01. The minimum absolute atomic E-state index is 0.509. The average Bonchev–Trinajstić information content (AvgIpc) is 2.81. The van der Waals surface area contributed by atoms with Gasteiger partial charge in [-0.25, -0.2) is 9.97 Å². The van der Waals surface area contributed by atoms with E-state index in [0.29, 0.717) is 5.15 Å². The molecule has 0 saturated carbocycles.